The zero-order valence-corrected chi connectivity index (χ0v) is 11.3. The van der Waals surface area contributed by atoms with Gasteiger partial charge in [-0.05, 0) is 48.8 Å². The monoisotopic (exact) mass is 251 g/mol. The summed E-state index contributed by atoms with van der Waals surface area (Å²) in [5.74, 6) is 2.02. The maximum Gasteiger partial charge on any atom is 0.0440 e. The third-order valence-electron chi connectivity index (χ3n) is 4.29. The minimum Gasteiger partial charge on any atom is -0.330 e. The zero-order chi connectivity index (χ0) is 12.3. The van der Waals surface area contributed by atoms with Gasteiger partial charge in [-0.25, -0.2) is 0 Å². The van der Waals surface area contributed by atoms with Crippen molar-refractivity contribution in [2.24, 2.45) is 17.6 Å². The van der Waals surface area contributed by atoms with Crippen LogP contribution < -0.4 is 5.73 Å². The molecule has 0 bridgehead atoms. The molecular weight excluding hydrogens is 230 g/mol. The summed E-state index contributed by atoms with van der Waals surface area (Å²) in [5.41, 5.74) is 7.23. The minimum absolute atomic E-state index is 0.562. The third-order valence-corrected chi connectivity index (χ3v) is 4.63. The first-order valence-corrected chi connectivity index (χ1v) is 7.08. The van der Waals surface area contributed by atoms with Crippen LogP contribution in [-0.2, 0) is 0 Å². The molecule has 1 aromatic rings. The second-order valence-electron chi connectivity index (χ2n) is 5.21. The van der Waals surface area contributed by atoms with E-state index in [4.69, 9.17) is 17.3 Å². The van der Waals surface area contributed by atoms with Crippen LogP contribution in [-0.4, -0.2) is 6.54 Å². The Kier molecular flexibility index (Phi) is 4.47. The Labute approximate surface area is 109 Å². The molecule has 0 heterocycles. The van der Waals surface area contributed by atoms with Gasteiger partial charge in [-0.3, -0.25) is 0 Å². The van der Waals surface area contributed by atoms with Crippen molar-refractivity contribution in [3.05, 3.63) is 34.9 Å². The third kappa shape index (κ3) is 2.83. The van der Waals surface area contributed by atoms with Crippen LogP contribution in [0.4, 0.5) is 0 Å². The van der Waals surface area contributed by atoms with Crippen LogP contribution in [0.3, 0.4) is 0 Å². The van der Waals surface area contributed by atoms with Crippen molar-refractivity contribution in [3.63, 3.8) is 0 Å². The van der Waals surface area contributed by atoms with Crippen molar-refractivity contribution in [1.82, 2.24) is 0 Å². The molecule has 1 aliphatic carbocycles. The van der Waals surface area contributed by atoms with Crippen molar-refractivity contribution in [2.75, 3.05) is 6.54 Å². The molecule has 1 aliphatic rings. The van der Waals surface area contributed by atoms with Crippen molar-refractivity contribution >= 4 is 11.6 Å². The van der Waals surface area contributed by atoms with Gasteiger partial charge in [0.05, 0.1) is 0 Å². The highest BCUT2D eigenvalue weighted by atomic mass is 35.5. The van der Waals surface area contributed by atoms with E-state index in [2.05, 4.69) is 19.1 Å². The van der Waals surface area contributed by atoms with Gasteiger partial charge in [0.1, 0.15) is 0 Å². The van der Waals surface area contributed by atoms with Gasteiger partial charge in [-0.2, -0.15) is 0 Å². The normalized spacial score (nSPS) is 29.2. The lowest BCUT2D eigenvalue weighted by Crippen LogP contribution is -2.29. The van der Waals surface area contributed by atoms with Crippen molar-refractivity contribution in [3.8, 4) is 0 Å². The summed E-state index contributed by atoms with van der Waals surface area (Å²) in [7, 11) is 0. The number of benzene rings is 1. The Bertz CT molecular complexity index is 364. The molecule has 0 spiro atoms. The van der Waals surface area contributed by atoms with E-state index < -0.39 is 0 Å². The quantitative estimate of drug-likeness (QED) is 0.856. The van der Waals surface area contributed by atoms with Crippen LogP contribution in [0.5, 0.6) is 0 Å². The second-order valence-corrected chi connectivity index (χ2v) is 5.62. The van der Waals surface area contributed by atoms with Crippen LogP contribution in [0.1, 0.15) is 44.1 Å². The van der Waals surface area contributed by atoms with Gasteiger partial charge in [0.25, 0.3) is 0 Å². The fourth-order valence-electron chi connectivity index (χ4n) is 3.13. The van der Waals surface area contributed by atoms with Crippen LogP contribution in [0.25, 0.3) is 0 Å². The first kappa shape index (κ1) is 12.9. The van der Waals surface area contributed by atoms with E-state index >= 15 is 0 Å². The molecule has 2 N–H and O–H groups in total. The summed E-state index contributed by atoms with van der Waals surface area (Å²) in [6.45, 7) is 3.07. The summed E-state index contributed by atoms with van der Waals surface area (Å²) in [4.78, 5) is 0. The van der Waals surface area contributed by atoms with E-state index in [1.807, 2.05) is 12.1 Å². The Morgan fingerprint density at radius 3 is 2.71 bits per heavy atom. The molecule has 1 fully saturated rings. The van der Waals surface area contributed by atoms with E-state index in [1.54, 1.807) is 0 Å². The smallest absolute Gasteiger partial charge is 0.0440 e. The lowest BCUT2D eigenvalue weighted by molar-refractivity contribution is 0.236. The molecule has 1 saturated carbocycles. The number of halogens is 1. The minimum atomic E-state index is 0.562. The lowest BCUT2D eigenvalue weighted by Gasteiger charge is -2.36. The number of hydrogen-bond acceptors (Lipinski definition) is 1. The molecule has 3 atom stereocenters. The van der Waals surface area contributed by atoms with Crippen molar-refractivity contribution < 1.29 is 0 Å². The van der Waals surface area contributed by atoms with E-state index in [0.29, 0.717) is 11.8 Å². The Morgan fingerprint density at radius 2 is 2.06 bits per heavy atom. The van der Waals surface area contributed by atoms with Gasteiger partial charge in [-0.15, -0.1) is 0 Å². The lowest BCUT2D eigenvalue weighted by atomic mass is 9.70. The van der Waals surface area contributed by atoms with Gasteiger partial charge < -0.3 is 5.73 Å². The van der Waals surface area contributed by atoms with Crippen LogP contribution in [0.15, 0.2) is 24.3 Å². The Morgan fingerprint density at radius 1 is 1.29 bits per heavy atom. The highest BCUT2D eigenvalue weighted by Crippen LogP contribution is 2.43. The highest BCUT2D eigenvalue weighted by Gasteiger charge is 2.30. The molecule has 17 heavy (non-hydrogen) atoms. The molecule has 0 aliphatic heterocycles. The summed E-state index contributed by atoms with van der Waals surface area (Å²) < 4.78 is 0. The Hall–Kier alpha value is -0.530. The van der Waals surface area contributed by atoms with Gasteiger partial charge in [0.2, 0.25) is 0 Å². The molecule has 0 amide bonds. The largest absolute Gasteiger partial charge is 0.330 e. The number of nitrogens with two attached hydrogens (primary N) is 1. The van der Waals surface area contributed by atoms with E-state index in [0.717, 1.165) is 17.5 Å². The molecule has 2 rings (SSSR count). The first-order valence-electron chi connectivity index (χ1n) is 6.70. The fraction of sp³-hybridized carbons (Fsp3) is 0.600. The van der Waals surface area contributed by atoms with E-state index in [9.17, 15) is 0 Å². The van der Waals surface area contributed by atoms with Gasteiger partial charge in [0, 0.05) is 5.02 Å². The molecular formula is C15H22ClN. The molecule has 3 unspecified atom stereocenters. The summed E-state index contributed by atoms with van der Waals surface area (Å²) >= 11 is 6.33. The summed E-state index contributed by atoms with van der Waals surface area (Å²) in [6.07, 6.45) is 5.12. The molecule has 0 radical (unpaired) electrons. The van der Waals surface area contributed by atoms with Crippen LogP contribution in [0.2, 0.25) is 5.02 Å². The molecule has 94 valence electrons. The number of rotatable bonds is 3. The van der Waals surface area contributed by atoms with E-state index in [-0.39, 0.29) is 0 Å². The van der Waals surface area contributed by atoms with Crippen molar-refractivity contribution in [1.29, 1.82) is 0 Å². The van der Waals surface area contributed by atoms with Gasteiger partial charge in [-0.1, -0.05) is 49.6 Å². The molecule has 0 saturated heterocycles. The average Bonchev–Trinajstić information content (AvgIpc) is 2.38. The SMILES string of the molecule is CCC1CCC(CN)C(c2ccccc2Cl)C1. The summed E-state index contributed by atoms with van der Waals surface area (Å²) in [5, 5.41) is 0.910. The second kappa shape index (κ2) is 5.88. The summed E-state index contributed by atoms with van der Waals surface area (Å²) in [6, 6.07) is 8.27. The predicted octanol–water partition coefficient (Wildman–Crippen LogP) is 4.21. The zero-order valence-electron chi connectivity index (χ0n) is 10.5. The van der Waals surface area contributed by atoms with Crippen molar-refractivity contribution in [2.45, 2.75) is 38.5 Å². The van der Waals surface area contributed by atoms with E-state index in [1.165, 1.54) is 31.2 Å². The average molecular weight is 252 g/mol. The maximum absolute atomic E-state index is 6.33. The molecule has 1 nitrogen and oxygen atoms in total. The van der Waals surface area contributed by atoms with Crippen LogP contribution >= 0.6 is 11.6 Å². The first-order chi connectivity index (χ1) is 8.26. The molecule has 0 aromatic heterocycles. The maximum atomic E-state index is 6.33. The number of hydrogen-bond donors (Lipinski definition) is 1. The van der Waals surface area contributed by atoms with Gasteiger partial charge >= 0.3 is 0 Å². The predicted molar refractivity (Wildman–Crippen MR) is 74.4 cm³/mol. The standard InChI is InChI=1S/C15H22ClN/c1-2-11-7-8-12(10-17)14(9-11)13-5-3-4-6-15(13)16/h3-6,11-12,14H,2,7-10,17H2,1H3. The highest BCUT2D eigenvalue weighted by molar-refractivity contribution is 6.31. The molecule has 1 aromatic carbocycles. The Balaban J connectivity index is 2.23. The van der Waals surface area contributed by atoms with Crippen LogP contribution in [0, 0.1) is 11.8 Å². The fourth-order valence-corrected chi connectivity index (χ4v) is 3.41. The topological polar surface area (TPSA) is 26.0 Å². The van der Waals surface area contributed by atoms with Gasteiger partial charge in [0.15, 0.2) is 0 Å². The molecule has 2 heteroatoms.